The highest BCUT2D eigenvalue weighted by Gasteiger charge is 2.50. The van der Waals surface area contributed by atoms with E-state index in [0.717, 1.165) is 76.1 Å². The van der Waals surface area contributed by atoms with Crippen LogP contribution in [0.25, 0.3) is 0 Å². The number of aliphatic hydroxyl groups excluding tert-OH is 1. The average Bonchev–Trinajstić information content (AvgIpc) is 2.98. The quantitative estimate of drug-likeness (QED) is 0.867. The molecule has 6 heteroatoms. The van der Waals surface area contributed by atoms with Gasteiger partial charge in [0.25, 0.3) is 0 Å². The van der Waals surface area contributed by atoms with Gasteiger partial charge >= 0.3 is 0 Å². The summed E-state index contributed by atoms with van der Waals surface area (Å²) in [6.07, 6.45) is 6.11. The Kier molecular flexibility index (Phi) is 4.81. The Hall–Kier alpha value is -2.13. The molecule has 2 aliphatic heterocycles. The molecule has 0 aromatic carbocycles. The molecule has 1 N–H and O–H groups in total. The van der Waals surface area contributed by atoms with Crippen LogP contribution in [-0.4, -0.2) is 52.7 Å². The second-order valence-electron chi connectivity index (χ2n) is 8.43. The third kappa shape index (κ3) is 3.29. The summed E-state index contributed by atoms with van der Waals surface area (Å²) in [7, 11) is 0. The van der Waals surface area contributed by atoms with Gasteiger partial charge in [-0.25, -0.2) is 4.98 Å². The van der Waals surface area contributed by atoms with Crippen LogP contribution in [0.1, 0.15) is 56.2 Å². The Morgan fingerprint density at radius 1 is 1.22 bits per heavy atom. The largest absolute Gasteiger partial charge is 0.393 e. The number of likely N-dealkylation sites (tertiary alicyclic amines) is 1. The lowest BCUT2D eigenvalue weighted by Gasteiger charge is -2.41. The minimum atomic E-state index is -0.294. The number of nitrogens with zero attached hydrogens (tertiary/aromatic N) is 4. The zero-order valence-corrected chi connectivity index (χ0v) is 16.0. The Bertz CT molecular complexity index is 766. The summed E-state index contributed by atoms with van der Waals surface area (Å²) in [5.41, 5.74) is 1.06. The number of pyridine rings is 1. The van der Waals surface area contributed by atoms with Gasteiger partial charge in [-0.3, -0.25) is 4.79 Å². The third-order valence-electron chi connectivity index (χ3n) is 6.75. The van der Waals surface area contributed by atoms with Crippen molar-refractivity contribution in [3.05, 3.63) is 23.4 Å². The van der Waals surface area contributed by atoms with Crippen LogP contribution in [-0.2, 0) is 4.79 Å². The molecule has 3 heterocycles. The zero-order valence-electron chi connectivity index (χ0n) is 16.0. The molecule has 4 rings (SSSR count). The van der Waals surface area contributed by atoms with Crippen molar-refractivity contribution in [1.82, 2.24) is 9.88 Å². The van der Waals surface area contributed by atoms with Crippen LogP contribution >= 0.6 is 0 Å². The lowest BCUT2D eigenvalue weighted by Crippen LogP contribution is -2.50. The molecule has 1 atom stereocenters. The maximum Gasteiger partial charge on any atom is 0.230 e. The first-order valence-corrected chi connectivity index (χ1v) is 10.1. The van der Waals surface area contributed by atoms with E-state index in [-0.39, 0.29) is 11.5 Å². The molecule has 27 heavy (non-hydrogen) atoms. The molecule has 2 saturated heterocycles. The van der Waals surface area contributed by atoms with E-state index in [0.29, 0.717) is 17.5 Å². The molecule has 3 fully saturated rings. The van der Waals surface area contributed by atoms with Gasteiger partial charge in [-0.2, -0.15) is 5.26 Å². The van der Waals surface area contributed by atoms with E-state index in [1.54, 1.807) is 0 Å². The van der Waals surface area contributed by atoms with E-state index >= 15 is 0 Å². The van der Waals surface area contributed by atoms with Gasteiger partial charge < -0.3 is 14.9 Å². The van der Waals surface area contributed by atoms with Crippen LogP contribution < -0.4 is 4.90 Å². The zero-order chi connectivity index (χ0) is 19.0. The summed E-state index contributed by atoms with van der Waals surface area (Å²) in [5.74, 6) is 1.18. The monoisotopic (exact) mass is 368 g/mol. The Labute approximate surface area is 160 Å². The lowest BCUT2D eigenvalue weighted by atomic mass is 9.78. The van der Waals surface area contributed by atoms with E-state index < -0.39 is 0 Å². The number of piperidine rings is 1. The van der Waals surface area contributed by atoms with E-state index in [1.807, 2.05) is 19.1 Å². The smallest absolute Gasteiger partial charge is 0.230 e. The first-order valence-electron chi connectivity index (χ1n) is 10.1. The van der Waals surface area contributed by atoms with Crippen LogP contribution in [0.2, 0.25) is 0 Å². The van der Waals surface area contributed by atoms with Crippen LogP contribution in [0, 0.1) is 23.7 Å². The molecule has 1 aromatic heterocycles. The molecule has 0 bridgehead atoms. The third-order valence-corrected chi connectivity index (χ3v) is 6.75. The van der Waals surface area contributed by atoms with Crippen molar-refractivity contribution in [2.24, 2.45) is 5.41 Å². The van der Waals surface area contributed by atoms with Gasteiger partial charge in [-0.1, -0.05) is 0 Å². The van der Waals surface area contributed by atoms with E-state index in [1.165, 1.54) is 0 Å². The van der Waals surface area contributed by atoms with Gasteiger partial charge in [0.05, 0.1) is 22.8 Å². The highest BCUT2D eigenvalue weighted by Crippen LogP contribution is 2.43. The molecule has 6 nitrogen and oxygen atoms in total. The van der Waals surface area contributed by atoms with Crippen molar-refractivity contribution in [2.75, 3.05) is 24.5 Å². The van der Waals surface area contributed by atoms with Crippen molar-refractivity contribution in [2.45, 2.75) is 64.0 Å². The summed E-state index contributed by atoms with van der Waals surface area (Å²) in [5, 5.41) is 18.9. The highest BCUT2D eigenvalue weighted by atomic mass is 16.3. The van der Waals surface area contributed by atoms with Crippen molar-refractivity contribution >= 4 is 11.7 Å². The predicted molar refractivity (Wildman–Crippen MR) is 102 cm³/mol. The number of amides is 1. The first-order chi connectivity index (χ1) is 13.0. The van der Waals surface area contributed by atoms with Gasteiger partial charge in [0.15, 0.2) is 0 Å². The van der Waals surface area contributed by atoms with E-state index in [9.17, 15) is 9.90 Å². The second kappa shape index (κ2) is 7.12. The first kappa shape index (κ1) is 18.2. The molecule has 1 aromatic rings. The number of aliphatic hydroxyl groups is 1. The standard InChI is InChI=1S/C21H28N4O2/c1-15-16(13-22)3-8-19(23-15)24-11-2-9-21(14-24)10-12-25(20(21)27)17-4-6-18(26)7-5-17/h3,8,17-18,26H,2,4-7,9-12,14H2,1H3. The summed E-state index contributed by atoms with van der Waals surface area (Å²) in [4.78, 5) is 22.3. The van der Waals surface area contributed by atoms with Crippen molar-refractivity contribution in [3.8, 4) is 6.07 Å². The maximum atomic E-state index is 13.4. The molecule has 3 aliphatic rings. The Morgan fingerprint density at radius 3 is 2.70 bits per heavy atom. The van der Waals surface area contributed by atoms with Crippen LogP contribution in [0.4, 0.5) is 5.82 Å². The Morgan fingerprint density at radius 2 is 2.00 bits per heavy atom. The van der Waals surface area contributed by atoms with Crippen molar-refractivity contribution in [1.29, 1.82) is 5.26 Å². The molecule has 1 aliphatic carbocycles. The SMILES string of the molecule is Cc1nc(N2CCCC3(CCN(C4CCC(O)CC4)C3=O)C2)ccc1C#N. The minimum absolute atomic E-state index is 0.191. The van der Waals surface area contributed by atoms with Gasteiger partial charge in [-0.15, -0.1) is 0 Å². The normalized spacial score (nSPS) is 31.4. The number of hydrogen-bond acceptors (Lipinski definition) is 5. The molecule has 1 spiro atoms. The molecule has 144 valence electrons. The number of aryl methyl sites for hydroxylation is 1. The number of aromatic nitrogens is 1. The summed E-state index contributed by atoms with van der Waals surface area (Å²) < 4.78 is 0. The molecule has 1 saturated carbocycles. The fraction of sp³-hybridized carbons (Fsp3) is 0.667. The lowest BCUT2D eigenvalue weighted by molar-refractivity contribution is -0.139. The average molecular weight is 368 g/mol. The number of hydrogen-bond donors (Lipinski definition) is 1. The molecular weight excluding hydrogens is 340 g/mol. The second-order valence-corrected chi connectivity index (χ2v) is 8.43. The molecule has 1 unspecified atom stereocenters. The van der Waals surface area contributed by atoms with Gasteiger partial charge in [-0.05, 0) is 64.0 Å². The van der Waals surface area contributed by atoms with E-state index in [2.05, 4.69) is 20.9 Å². The topological polar surface area (TPSA) is 80.5 Å². The van der Waals surface area contributed by atoms with Gasteiger partial charge in [0, 0.05) is 25.7 Å². The summed E-state index contributed by atoms with van der Waals surface area (Å²) in [6.45, 7) is 4.33. The highest BCUT2D eigenvalue weighted by molar-refractivity contribution is 5.86. The van der Waals surface area contributed by atoms with Crippen LogP contribution in [0.5, 0.6) is 0 Å². The molecule has 0 radical (unpaired) electrons. The number of rotatable bonds is 2. The number of carbonyl (C=O) groups is 1. The van der Waals surface area contributed by atoms with Gasteiger partial charge in [0.1, 0.15) is 11.9 Å². The van der Waals surface area contributed by atoms with Crippen LogP contribution in [0.15, 0.2) is 12.1 Å². The van der Waals surface area contributed by atoms with Crippen LogP contribution in [0.3, 0.4) is 0 Å². The number of anilines is 1. The summed E-state index contributed by atoms with van der Waals surface area (Å²) in [6, 6.07) is 6.20. The van der Waals surface area contributed by atoms with Gasteiger partial charge in [0.2, 0.25) is 5.91 Å². The fourth-order valence-corrected chi connectivity index (χ4v) is 5.11. The predicted octanol–water partition coefficient (Wildman–Crippen LogP) is 2.38. The van der Waals surface area contributed by atoms with E-state index in [4.69, 9.17) is 5.26 Å². The fourth-order valence-electron chi connectivity index (χ4n) is 5.11. The van der Waals surface area contributed by atoms with Crippen molar-refractivity contribution in [3.63, 3.8) is 0 Å². The number of nitriles is 1. The minimum Gasteiger partial charge on any atom is -0.393 e. The molecule has 1 amide bonds. The maximum absolute atomic E-state index is 13.4. The number of carbonyl (C=O) groups excluding carboxylic acids is 1. The summed E-state index contributed by atoms with van der Waals surface area (Å²) >= 11 is 0. The Balaban J connectivity index is 1.50. The molecular formula is C21H28N4O2. The van der Waals surface area contributed by atoms with Crippen molar-refractivity contribution < 1.29 is 9.90 Å².